The zero-order valence-corrected chi connectivity index (χ0v) is 24.0. The van der Waals surface area contributed by atoms with Gasteiger partial charge in [-0.2, -0.15) is 0 Å². The lowest BCUT2D eigenvalue weighted by Crippen LogP contribution is -2.54. The summed E-state index contributed by atoms with van der Waals surface area (Å²) < 4.78 is 10.8. The van der Waals surface area contributed by atoms with Crippen molar-refractivity contribution in [1.29, 1.82) is 0 Å². The van der Waals surface area contributed by atoms with Gasteiger partial charge in [0.1, 0.15) is 17.4 Å². The number of ketones is 1. The summed E-state index contributed by atoms with van der Waals surface area (Å²) in [6.45, 7) is 4.35. The number of methoxy groups -OCH3 is 1. The number of aliphatic hydroxyl groups is 1. The molecule has 1 saturated heterocycles. The van der Waals surface area contributed by atoms with Crippen LogP contribution >= 0.6 is 0 Å². The Morgan fingerprint density at radius 2 is 1.80 bits per heavy atom. The number of rotatable bonds is 14. The topological polar surface area (TPSA) is 129 Å². The highest BCUT2D eigenvalue weighted by atomic mass is 16.6. The van der Waals surface area contributed by atoms with Crippen LogP contribution in [0.25, 0.3) is 0 Å². The monoisotopic (exact) mass is 555 g/mol. The van der Waals surface area contributed by atoms with Crippen LogP contribution in [0.5, 0.6) is 5.75 Å². The van der Waals surface area contributed by atoms with Gasteiger partial charge >= 0.3 is 0 Å². The molecule has 0 aromatic heterocycles. The van der Waals surface area contributed by atoms with E-state index in [9.17, 15) is 19.5 Å². The largest absolute Gasteiger partial charge is 0.497 e. The maximum absolute atomic E-state index is 13.3. The number of carbonyl (C=O) groups excluding carboxylic acids is 3. The number of Topliss-reactive ketones (excluding diaryl/α,β-unsaturated/α-hetero) is 1. The third-order valence-electron chi connectivity index (χ3n) is 8.43. The van der Waals surface area contributed by atoms with Crippen molar-refractivity contribution < 1.29 is 29.0 Å². The number of ether oxygens (including phenoxy) is 2. The molecule has 1 heterocycles. The van der Waals surface area contributed by atoms with Crippen LogP contribution in [0, 0.1) is 5.92 Å². The smallest absolute Gasteiger partial charge is 0.242 e. The minimum atomic E-state index is -0.737. The third-order valence-corrected chi connectivity index (χ3v) is 8.43. The molecule has 1 aromatic rings. The molecule has 0 radical (unpaired) electrons. The van der Waals surface area contributed by atoms with E-state index in [0.29, 0.717) is 51.7 Å². The second-order valence-corrected chi connectivity index (χ2v) is 11.8. The number of hydrogen-bond acceptors (Lipinski definition) is 7. The highest BCUT2D eigenvalue weighted by molar-refractivity contribution is 5.94. The van der Waals surface area contributed by atoms with E-state index in [1.165, 1.54) is 5.57 Å². The van der Waals surface area contributed by atoms with E-state index in [-0.39, 0.29) is 35.7 Å². The van der Waals surface area contributed by atoms with E-state index < -0.39 is 17.7 Å². The van der Waals surface area contributed by atoms with Crippen LogP contribution in [0.15, 0.2) is 35.9 Å². The molecule has 2 fully saturated rings. The maximum atomic E-state index is 13.3. The van der Waals surface area contributed by atoms with Crippen molar-refractivity contribution in [3.8, 4) is 5.75 Å². The van der Waals surface area contributed by atoms with Gasteiger partial charge < -0.3 is 30.5 Å². The Hall–Kier alpha value is -2.75. The van der Waals surface area contributed by atoms with Gasteiger partial charge in [0.25, 0.3) is 0 Å². The number of benzene rings is 1. The summed E-state index contributed by atoms with van der Waals surface area (Å²) in [5.41, 5.74) is 1.57. The summed E-state index contributed by atoms with van der Waals surface area (Å²) in [4.78, 5) is 39.3. The quantitative estimate of drug-likeness (QED) is 0.205. The first-order valence-corrected chi connectivity index (χ1v) is 14.7. The van der Waals surface area contributed by atoms with Gasteiger partial charge in [-0.15, -0.1) is 0 Å². The first-order valence-electron chi connectivity index (χ1n) is 14.7. The van der Waals surface area contributed by atoms with Crippen LogP contribution in [-0.4, -0.2) is 72.8 Å². The SMILES string of the molecule is COc1ccc(CC(CNC(CC2=CCCC2)C(=O)C2(C)CO2)NC(=O)C(C)NC(=O)C2CCC(O)CC2)cc1. The number of amides is 2. The molecule has 4 N–H and O–H groups in total. The second-order valence-electron chi connectivity index (χ2n) is 11.8. The molecule has 1 aromatic carbocycles. The molecule has 9 nitrogen and oxygen atoms in total. The Morgan fingerprint density at radius 1 is 1.10 bits per heavy atom. The Bertz CT molecular complexity index is 1060. The zero-order chi connectivity index (χ0) is 28.7. The fraction of sp³-hybridized carbons (Fsp3) is 0.645. The van der Waals surface area contributed by atoms with Crippen LogP contribution in [-0.2, 0) is 25.5 Å². The summed E-state index contributed by atoms with van der Waals surface area (Å²) in [5.74, 6) is 0.198. The number of hydrogen-bond donors (Lipinski definition) is 4. The van der Waals surface area contributed by atoms with Crippen LogP contribution < -0.4 is 20.7 Å². The molecule has 4 atom stereocenters. The van der Waals surface area contributed by atoms with Gasteiger partial charge in [-0.3, -0.25) is 14.4 Å². The van der Waals surface area contributed by atoms with Crippen LogP contribution in [0.4, 0.5) is 0 Å². The standard InChI is InChI=1S/C31H45N3O6/c1-20(33-30(38)23-10-12-25(35)13-11-23)29(37)34-24(16-22-8-14-26(39-3)15-9-22)18-32-27(17-21-6-4-5-7-21)28(36)31(2)19-40-31/h6,8-9,14-15,20,23-25,27,32,35H,4-5,7,10-13,16-19H2,1-3H3,(H,33,38)(H,34,37). The molecule has 9 heteroatoms. The van der Waals surface area contributed by atoms with Gasteiger partial charge in [0, 0.05) is 18.5 Å². The normalized spacial score (nSPS) is 26.2. The minimum Gasteiger partial charge on any atom is -0.497 e. The minimum absolute atomic E-state index is 0.0491. The molecule has 4 rings (SSSR count). The van der Waals surface area contributed by atoms with E-state index in [2.05, 4.69) is 22.0 Å². The molecule has 4 unspecified atom stereocenters. The molecule has 40 heavy (non-hydrogen) atoms. The predicted octanol–water partition coefficient (Wildman–Crippen LogP) is 2.59. The van der Waals surface area contributed by atoms with Gasteiger partial charge in [-0.25, -0.2) is 0 Å². The number of nitrogens with one attached hydrogen (secondary N) is 3. The average Bonchev–Trinajstić information content (AvgIpc) is 3.49. The van der Waals surface area contributed by atoms with Crippen molar-refractivity contribution in [2.24, 2.45) is 5.92 Å². The van der Waals surface area contributed by atoms with Gasteiger partial charge in [0.2, 0.25) is 11.8 Å². The van der Waals surface area contributed by atoms with Gasteiger partial charge in [0.05, 0.1) is 25.9 Å². The first kappa shape index (κ1) is 30.2. The van der Waals surface area contributed by atoms with E-state index in [1.54, 1.807) is 14.0 Å². The molecule has 2 aliphatic carbocycles. The number of allylic oxidation sites excluding steroid dienone is 1. The summed E-state index contributed by atoms with van der Waals surface area (Å²) in [6, 6.07) is 6.28. The molecule has 0 bridgehead atoms. The highest BCUT2D eigenvalue weighted by Crippen LogP contribution is 2.31. The maximum Gasteiger partial charge on any atom is 0.242 e. The van der Waals surface area contributed by atoms with Crippen molar-refractivity contribution >= 4 is 17.6 Å². The lowest BCUT2D eigenvalue weighted by atomic mass is 9.87. The van der Waals surface area contributed by atoms with Crippen molar-refractivity contribution in [2.45, 2.75) is 101 Å². The Balaban J connectivity index is 1.40. The van der Waals surface area contributed by atoms with Crippen LogP contribution in [0.2, 0.25) is 0 Å². The lowest BCUT2D eigenvalue weighted by Gasteiger charge is -2.28. The molecular formula is C31H45N3O6. The molecule has 1 aliphatic heterocycles. The van der Waals surface area contributed by atoms with E-state index in [0.717, 1.165) is 30.6 Å². The summed E-state index contributed by atoms with van der Waals surface area (Å²) >= 11 is 0. The Kier molecular flexibility index (Phi) is 10.4. The molecule has 0 spiro atoms. The van der Waals surface area contributed by atoms with Crippen molar-refractivity contribution in [1.82, 2.24) is 16.0 Å². The van der Waals surface area contributed by atoms with Crippen LogP contribution in [0.3, 0.4) is 0 Å². The van der Waals surface area contributed by atoms with Gasteiger partial charge in [-0.1, -0.05) is 23.8 Å². The predicted molar refractivity (Wildman–Crippen MR) is 152 cm³/mol. The van der Waals surface area contributed by atoms with E-state index in [4.69, 9.17) is 9.47 Å². The Morgan fingerprint density at radius 3 is 2.40 bits per heavy atom. The molecule has 2 amide bonds. The molecule has 1 saturated carbocycles. The van der Waals surface area contributed by atoms with Crippen molar-refractivity contribution in [2.75, 3.05) is 20.3 Å². The van der Waals surface area contributed by atoms with Gasteiger partial charge in [-0.05, 0) is 89.3 Å². The third kappa shape index (κ3) is 8.38. The number of carbonyl (C=O) groups is 3. The molecule has 220 valence electrons. The van der Waals surface area contributed by atoms with E-state index in [1.807, 2.05) is 31.2 Å². The fourth-order valence-corrected chi connectivity index (χ4v) is 5.63. The average molecular weight is 556 g/mol. The summed E-state index contributed by atoms with van der Waals surface area (Å²) in [5, 5.41) is 19.2. The van der Waals surface area contributed by atoms with Gasteiger partial charge in [0.15, 0.2) is 5.78 Å². The highest BCUT2D eigenvalue weighted by Gasteiger charge is 2.49. The second kappa shape index (κ2) is 13.7. The Labute approximate surface area is 237 Å². The van der Waals surface area contributed by atoms with Crippen molar-refractivity contribution in [3.63, 3.8) is 0 Å². The summed E-state index contributed by atoms with van der Waals surface area (Å²) in [7, 11) is 1.62. The molecular weight excluding hydrogens is 510 g/mol. The van der Waals surface area contributed by atoms with Crippen LogP contribution in [0.1, 0.15) is 70.8 Å². The number of epoxide rings is 1. The number of aliphatic hydroxyl groups excluding tert-OH is 1. The summed E-state index contributed by atoms with van der Waals surface area (Å²) in [6.07, 6.45) is 8.70. The lowest BCUT2D eigenvalue weighted by molar-refractivity contribution is -0.132. The molecule has 3 aliphatic rings. The van der Waals surface area contributed by atoms with E-state index >= 15 is 0 Å². The fourth-order valence-electron chi connectivity index (χ4n) is 5.63. The first-order chi connectivity index (χ1) is 19.2. The zero-order valence-electron chi connectivity index (χ0n) is 24.0. The van der Waals surface area contributed by atoms with Crippen molar-refractivity contribution in [3.05, 3.63) is 41.5 Å².